The topological polar surface area (TPSA) is 37.9 Å². The molecule has 0 aliphatic carbocycles. The molecule has 110 valence electrons. The molecular weight excluding hydrogens is 336 g/mol. The van der Waals surface area contributed by atoms with Gasteiger partial charge in [-0.1, -0.05) is 48.5 Å². The molecule has 3 nitrogen and oxygen atoms in total. The van der Waals surface area contributed by atoms with Gasteiger partial charge in [0.2, 0.25) is 0 Å². The molecule has 0 aliphatic heterocycles. The first-order chi connectivity index (χ1) is 9.44. The van der Waals surface area contributed by atoms with E-state index in [1.807, 2.05) is 18.2 Å². The molecule has 1 unspecified atom stereocenters. The lowest BCUT2D eigenvalue weighted by Crippen LogP contribution is -2.24. The summed E-state index contributed by atoms with van der Waals surface area (Å²) in [5.41, 5.74) is 2.31. The van der Waals surface area contributed by atoms with Gasteiger partial charge in [0.1, 0.15) is 5.75 Å². The van der Waals surface area contributed by atoms with Crippen LogP contribution in [0.3, 0.4) is 0 Å². The number of nitrogens with one attached hydrogen (secondary N) is 1. The van der Waals surface area contributed by atoms with Gasteiger partial charge < -0.3 is 9.72 Å². The monoisotopic (exact) mass is 356 g/mol. The zero-order valence-electron chi connectivity index (χ0n) is 12.4. The largest absolute Gasteiger partial charge is 0.497 e. The minimum Gasteiger partial charge on any atom is -0.497 e. The van der Waals surface area contributed by atoms with E-state index >= 15 is 0 Å². The number of nitrogens with zero attached hydrogens (tertiary/aromatic N) is 1. The lowest BCUT2D eigenvalue weighted by molar-refractivity contribution is 0.295. The standard InChI is InChI=1S/C15H21BrN2OS/c1-15(2,3)10(8-16)9-20-14-17-12-6-5-11(19-4)7-13(12)18-14/h5-7,10H,8-9H2,1-4H3,(H,17,18). The number of ether oxygens (including phenoxy) is 1. The van der Waals surface area contributed by atoms with Crippen LogP contribution in [-0.2, 0) is 0 Å². The van der Waals surface area contributed by atoms with Crippen molar-refractivity contribution in [2.45, 2.75) is 25.9 Å². The number of imidazole rings is 1. The van der Waals surface area contributed by atoms with Crippen LogP contribution < -0.4 is 4.74 Å². The molecule has 1 N–H and O–H groups in total. The zero-order valence-corrected chi connectivity index (χ0v) is 14.8. The Morgan fingerprint density at radius 2 is 2.15 bits per heavy atom. The summed E-state index contributed by atoms with van der Waals surface area (Å²) >= 11 is 5.40. The maximum atomic E-state index is 5.23. The normalized spacial score (nSPS) is 13.7. The Bertz CT molecular complexity index is 577. The molecular formula is C15H21BrN2OS. The van der Waals surface area contributed by atoms with Crippen LogP contribution in [0, 0.1) is 11.3 Å². The van der Waals surface area contributed by atoms with Gasteiger partial charge in [-0.25, -0.2) is 4.98 Å². The SMILES string of the molecule is COc1ccc2nc(SCC(CBr)C(C)(C)C)[nH]c2c1. The Labute approximate surface area is 133 Å². The number of aromatic nitrogens is 2. The summed E-state index contributed by atoms with van der Waals surface area (Å²) in [6.45, 7) is 6.84. The van der Waals surface area contributed by atoms with E-state index < -0.39 is 0 Å². The van der Waals surface area contributed by atoms with Crippen LogP contribution in [0.2, 0.25) is 0 Å². The van der Waals surface area contributed by atoms with Crippen molar-refractivity contribution in [1.29, 1.82) is 0 Å². The Kier molecular flexibility index (Phi) is 5.02. The van der Waals surface area contributed by atoms with Crippen molar-refractivity contribution in [2.75, 3.05) is 18.2 Å². The summed E-state index contributed by atoms with van der Waals surface area (Å²) in [6.07, 6.45) is 0. The van der Waals surface area contributed by atoms with E-state index in [2.05, 4.69) is 46.7 Å². The lowest BCUT2D eigenvalue weighted by atomic mass is 9.83. The number of hydrogen-bond donors (Lipinski definition) is 1. The van der Waals surface area contributed by atoms with Gasteiger partial charge in [0.05, 0.1) is 18.1 Å². The number of fused-ring (bicyclic) bond motifs is 1. The fourth-order valence-corrected chi connectivity index (χ4v) is 4.69. The van der Waals surface area contributed by atoms with Gasteiger partial charge in [-0.2, -0.15) is 0 Å². The number of methoxy groups -OCH3 is 1. The third-order valence-electron chi connectivity index (χ3n) is 3.50. The van der Waals surface area contributed by atoms with Crippen molar-refractivity contribution in [3.8, 4) is 5.75 Å². The summed E-state index contributed by atoms with van der Waals surface area (Å²) in [5, 5.41) is 1.99. The molecule has 5 heteroatoms. The number of H-pyrrole nitrogens is 1. The van der Waals surface area contributed by atoms with Gasteiger partial charge in [-0.3, -0.25) is 0 Å². The first-order valence-electron chi connectivity index (χ1n) is 6.66. The first kappa shape index (κ1) is 15.7. The van der Waals surface area contributed by atoms with Crippen LogP contribution in [0.5, 0.6) is 5.75 Å². The molecule has 0 aliphatic rings. The minimum atomic E-state index is 0.297. The molecule has 0 bridgehead atoms. The molecule has 0 amide bonds. The highest BCUT2D eigenvalue weighted by molar-refractivity contribution is 9.09. The number of hydrogen-bond acceptors (Lipinski definition) is 3. The molecule has 0 spiro atoms. The number of benzene rings is 1. The van der Waals surface area contributed by atoms with E-state index in [-0.39, 0.29) is 0 Å². The molecule has 1 aromatic carbocycles. The first-order valence-corrected chi connectivity index (χ1v) is 8.77. The van der Waals surface area contributed by atoms with Gasteiger partial charge in [0.15, 0.2) is 5.16 Å². The van der Waals surface area contributed by atoms with Crippen LogP contribution in [0.4, 0.5) is 0 Å². The number of thioether (sulfide) groups is 1. The smallest absolute Gasteiger partial charge is 0.166 e. The fourth-order valence-electron chi connectivity index (χ4n) is 1.87. The highest BCUT2D eigenvalue weighted by Gasteiger charge is 2.24. The van der Waals surface area contributed by atoms with Crippen molar-refractivity contribution < 1.29 is 4.74 Å². The van der Waals surface area contributed by atoms with Gasteiger partial charge in [-0.15, -0.1) is 0 Å². The average Bonchev–Trinajstić information content (AvgIpc) is 2.79. The summed E-state index contributed by atoms with van der Waals surface area (Å²) in [6, 6.07) is 5.91. The molecule has 1 heterocycles. The quantitative estimate of drug-likeness (QED) is 0.621. The Hall–Kier alpha value is -0.680. The lowest BCUT2D eigenvalue weighted by Gasteiger charge is -2.28. The van der Waals surface area contributed by atoms with Crippen LogP contribution in [-0.4, -0.2) is 28.2 Å². The van der Waals surface area contributed by atoms with E-state index in [0.29, 0.717) is 11.3 Å². The van der Waals surface area contributed by atoms with Gasteiger partial charge in [-0.05, 0) is 23.5 Å². The third kappa shape index (κ3) is 3.70. The van der Waals surface area contributed by atoms with Crippen LogP contribution in [0.25, 0.3) is 11.0 Å². The molecule has 0 fully saturated rings. The Balaban J connectivity index is 2.10. The third-order valence-corrected chi connectivity index (χ3v) is 5.32. The van der Waals surface area contributed by atoms with Crippen molar-refractivity contribution in [3.05, 3.63) is 18.2 Å². The molecule has 1 aromatic heterocycles. The maximum Gasteiger partial charge on any atom is 0.166 e. The van der Waals surface area contributed by atoms with Gasteiger partial charge >= 0.3 is 0 Å². The minimum absolute atomic E-state index is 0.297. The molecule has 2 aromatic rings. The average molecular weight is 357 g/mol. The van der Waals surface area contributed by atoms with Crippen molar-refractivity contribution in [1.82, 2.24) is 9.97 Å². The second-order valence-electron chi connectivity index (χ2n) is 5.95. The predicted molar refractivity (Wildman–Crippen MR) is 90.1 cm³/mol. The summed E-state index contributed by atoms with van der Waals surface area (Å²) in [5.74, 6) is 2.51. The van der Waals surface area contributed by atoms with Gasteiger partial charge in [0.25, 0.3) is 0 Å². The van der Waals surface area contributed by atoms with E-state index in [4.69, 9.17) is 4.74 Å². The second kappa shape index (κ2) is 6.39. The molecule has 20 heavy (non-hydrogen) atoms. The van der Waals surface area contributed by atoms with E-state index in [9.17, 15) is 0 Å². The number of halogens is 1. The van der Waals surface area contributed by atoms with Crippen LogP contribution >= 0.6 is 27.7 Å². The summed E-state index contributed by atoms with van der Waals surface area (Å²) in [7, 11) is 1.68. The van der Waals surface area contributed by atoms with Crippen molar-refractivity contribution in [3.63, 3.8) is 0 Å². The Morgan fingerprint density at radius 3 is 2.75 bits per heavy atom. The number of rotatable bonds is 5. The number of alkyl halides is 1. The van der Waals surface area contributed by atoms with E-state index in [1.165, 1.54) is 0 Å². The van der Waals surface area contributed by atoms with Crippen molar-refractivity contribution in [2.24, 2.45) is 11.3 Å². The van der Waals surface area contributed by atoms with Crippen LogP contribution in [0.15, 0.2) is 23.4 Å². The second-order valence-corrected chi connectivity index (χ2v) is 7.61. The summed E-state index contributed by atoms with van der Waals surface area (Å²) in [4.78, 5) is 7.97. The Morgan fingerprint density at radius 1 is 1.40 bits per heavy atom. The van der Waals surface area contributed by atoms with E-state index in [1.54, 1.807) is 18.9 Å². The highest BCUT2D eigenvalue weighted by Crippen LogP contribution is 2.33. The maximum absolute atomic E-state index is 5.23. The predicted octanol–water partition coefficient (Wildman–Crippen LogP) is 4.72. The number of aromatic amines is 1. The van der Waals surface area contributed by atoms with Crippen molar-refractivity contribution >= 4 is 38.7 Å². The molecule has 0 radical (unpaired) electrons. The van der Waals surface area contributed by atoms with E-state index in [0.717, 1.165) is 33.0 Å². The van der Waals surface area contributed by atoms with Gasteiger partial charge in [0, 0.05) is 17.1 Å². The zero-order chi connectivity index (χ0) is 14.8. The van der Waals surface area contributed by atoms with Crippen LogP contribution in [0.1, 0.15) is 20.8 Å². The molecule has 0 saturated heterocycles. The summed E-state index contributed by atoms with van der Waals surface area (Å²) < 4.78 is 5.23. The molecule has 2 rings (SSSR count). The molecule has 0 saturated carbocycles. The highest BCUT2D eigenvalue weighted by atomic mass is 79.9. The fraction of sp³-hybridized carbons (Fsp3) is 0.533. The molecule has 1 atom stereocenters.